The fourth-order valence-corrected chi connectivity index (χ4v) is 1.67. The lowest BCUT2D eigenvalue weighted by atomic mass is 10.2. The smallest absolute Gasteiger partial charge is 0.231 e. The average Bonchev–Trinajstić information content (AvgIpc) is 2.27. The second-order valence-electron chi connectivity index (χ2n) is 4.38. The molecule has 0 atom stereocenters. The van der Waals surface area contributed by atoms with Gasteiger partial charge in [-0.1, -0.05) is 12.2 Å². The van der Waals surface area contributed by atoms with Gasteiger partial charge in [0.1, 0.15) is 4.99 Å². The van der Waals surface area contributed by atoms with Crippen molar-refractivity contribution in [3.05, 3.63) is 29.6 Å². The Morgan fingerprint density at radius 1 is 1.50 bits per heavy atom. The Labute approximate surface area is 112 Å². The molecule has 0 saturated heterocycles. The third kappa shape index (κ3) is 4.38. The number of carbonyl (C=O) groups is 1. The van der Waals surface area contributed by atoms with E-state index in [0.29, 0.717) is 12.2 Å². The molecule has 98 valence electrons. The summed E-state index contributed by atoms with van der Waals surface area (Å²) < 4.78 is 0. The van der Waals surface area contributed by atoms with E-state index >= 15 is 0 Å². The summed E-state index contributed by atoms with van der Waals surface area (Å²) in [6, 6.07) is 3.93. The Hall–Kier alpha value is -1.53. The van der Waals surface area contributed by atoms with E-state index in [4.69, 9.17) is 23.7 Å². The third-order valence-corrected chi connectivity index (χ3v) is 2.76. The predicted octanol–water partition coefficient (Wildman–Crippen LogP) is 0.412. The minimum absolute atomic E-state index is 0.221. The molecule has 0 aliphatic rings. The van der Waals surface area contributed by atoms with Crippen molar-refractivity contribution in [1.29, 1.82) is 0 Å². The fraction of sp³-hybridized carbons (Fsp3) is 0.417. The van der Waals surface area contributed by atoms with Crippen LogP contribution in [0.3, 0.4) is 0 Å². The van der Waals surface area contributed by atoms with E-state index in [1.165, 1.54) is 0 Å². The van der Waals surface area contributed by atoms with Gasteiger partial charge in [0.2, 0.25) is 5.91 Å². The van der Waals surface area contributed by atoms with E-state index in [-0.39, 0.29) is 23.5 Å². The van der Waals surface area contributed by atoms with Crippen LogP contribution >= 0.6 is 12.2 Å². The highest BCUT2D eigenvalue weighted by Gasteiger charge is 2.13. The molecule has 0 saturated carbocycles. The Bertz CT molecular complexity index is 447. The Morgan fingerprint density at radius 3 is 2.67 bits per heavy atom. The van der Waals surface area contributed by atoms with E-state index in [2.05, 4.69) is 4.98 Å². The van der Waals surface area contributed by atoms with Gasteiger partial charge in [-0.2, -0.15) is 0 Å². The SMILES string of the molecule is CC(C)N(CC(N)=O)Cc1ccnc(C(N)=S)c1. The van der Waals surface area contributed by atoms with Crippen LogP contribution in [-0.4, -0.2) is 33.4 Å². The highest BCUT2D eigenvalue weighted by atomic mass is 32.1. The van der Waals surface area contributed by atoms with Crippen molar-refractivity contribution in [2.45, 2.75) is 26.4 Å². The summed E-state index contributed by atoms with van der Waals surface area (Å²) in [5, 5.41) is 0. The van der Waals surface area contributed by atoms with Crippen LogP contribution in [0.2, 0.25) is 0 Å². The molecule has 5 nitrogen and oxygen atoms in total. The first kappa shape index (κ1) is 14.5. The quantitative estimate of drug-likeness (QED) is 0.729. The Kier molecular flexibility index (Phi) is 5.18. The molecule has 4 N–H and O–H groups in total. The molecular weight excluding hydrogens is 248 g/mol. The summed E-state index contributed by atoms with van der Waals surface area (Å²) in [5.74, 6) is -0.340. The normalized spacial score (nSPS) is 10.9. The number of aromatic nitrogens is 1. The molecule has 0 radical (unpaired) electrons. The van der Waals surface area contributed by atoms with Crippen LogP contribution in [0, 0.1) is 0 Å². The fourth-order valence-electron chi connectivity index (χ4n) is 1.56. The summed E-state index contributed by atoms with van der Waals surface area (Å²) >= 11 is 4.88. The van der Waals surface area contributed by atoms with Crippen LogP contribution in [0.1, 0.15) is 25.1 Å². The maximum absolute atomic E-state index is 11.0. The zero-order chi connectivity index (χ0) is 13.7. The topological polar surface area (TPSA) is 85.2 Å². The second-order valence-corrected chi connectivity index (χ2v) is 4.82. The van der Waals surface area contributed by atoms with Crippen molar-refractivity contribution in [3.63, 3.8) is 0 Å². The van der Waals surface area contributed by atoms with Gasteiger partial charge in [0, 0.05) is 18.8 Å². The van der Waals surface area contributed by atoms with Crippen molar-refractivity contribution < 1.29 is 4.79 Å². The van der Waals surface area contributed by atoms with E-state index in [0.717, 1.165) is 5.56 Å². The highest BCUT2D eigenvalue weighted by Crippen LogP contribution is 2.09. The average molecular weight is 266 g/mol. The molecule has 1 heterocycles. The number of pyridine rings is 1. The van der Waals surface area contributed by atoms with Crippen LogP contribution in [-0.2, 0) is 11.3 Å². The summed E-state index contributed by atoms with van der Waals surface area (Å²) in [7, 11) is 0. The van der Waals surface area contributed by atoms with Gasteiger partial charge in [-0.05, 0) is 31.5 Å². The zero-order valence-electron chi connectivity index (χ0n) is 10.6. The number of rotatable bonds is 6. The zero-order valence-corrected chi connectivity index (χ0v) is 11.4. The standard InChI is InChI=1S/C12H18N4OS/c1-8(2)16(7-11(13)17)6-9-3-4-15-10(5-9)12(14)18/h3-5,8H,6-7H2,1-2H3,(H2,13,17)(H2,14,18). The number of hydrogen-bond donors (Lipinski definition) is 2. The monoisotopic (exact) mass is 266 g/mol. The van der Waals surface area contributed by atoms with Gasteiger partial charge < -0.3 is 11.5 Å². The summed E-state index contributed by atoms with van der Waals surface area (Å²) in [6.07, 6.45) is 1.66. The molecule has 1 amide bonds. The van der Waals surface area contributed by atoms with Crippen molar-refractivity contribution >= 4 is 23.1 Å². The molecule has 0 fully saturated rings. The number of hydrogen-bond acceptors (Lipinski definition) is 4. The molecule has 1 aromatic rings. The summed E-state index contributed by atoms with van der Waals surface area (Å²) in [5.41, 5.74) is 12.4. The van der Waals surface area contributed by atoms with Crippen molar-refractivity contribution in [1.82, 2.24) is 9.88 Å². The van der Waals surface area contributed by atoms with Gasteiger partial charge in [-0.25, -0.2) is 0 Å². The number of amides is 1. The lowest BCUT2D eigenvalue weighted by molar-refractivity contribution is -0.119. The van der Waals surface area contributed by atoms with Gasteiger partial charge >= 0.3 is 0 Å². The number of primary amides is 1. The molecule has 0 spiro atoms. The largest absolute Gasteiger partial charge is 0.388 e. The van der Waals surface area contributed by atoms with Crippen LogP contribution < -0.4 is 11.5 Å². The number of thiocarbonyl (C=S) groups is 1. The Balaban J connectivity index is 2.83. The molecule has 0 aliphatic carbocycles. The van der Waals surface area contributed by atoms with Crippen LogP contribution in [0.5, 0.6) is 0 Å². The lowest BCUT2D eigenvalue weighted by Crippen LogP contribution is -2.38. The Morgan fingerprint density at radius 2 is 2.17 bits per heavy atom. The van der Waals surface area contributed by atoms with Crippen molar-refractivity contribution in [2.24, 2.45) is 11.5 Å². The molecule has 18 heavy (non-hydrogen) atoms. The maximum atomic E-state index is 11.0. The van der Waals surface area contributed by atoms with Crippen molar-refractivity contribution in [2.75, 3.05) is 6.54 Å². The molecular formula is C12H18N4OS. The minimum atomic E-state index is -0.340. The summed E-state index contributed by atoms with van der Waals surface area (Å²) in [6.45, 7) is 4.86. The van der Waals surface area contributed by atoms with Gasteiger partial charge in [0.05, 0.1) is 12.2 Å². The van der Waals surface area contributed by atoms with E-state index in [1.807, 2.05) is 30.9 Å². The third-order valence-electron chi connectivity index (χ3n) is 2.55. The molecule has 0 bridgehead atoms. The highest BCUT2D eigenvalue weighted by molar-refractivity contribution is 7.80. The van der Waals surface area contributed by atoms with Crippen LogP contribution in [0.15, 0.2) is 18.3 Å². The lowest BCUT2D eigenvalue weighted by Gasteiger charge is -2.25. The van der Waals surface area contributed by atoms with E-state index in [1.54, 1.807) is 6.20 Å². The second kappa shape index (κ2) is 6.42. The molecule has 1 rings (SSSR count). The molecule has 0 unspecified atom stereocenters. The van der Waals surface area contributed by atoms with Crippen LogP contribution in [0.4, 0.5) is 0 Å². The van der Waals surface area contributed by atoms with E-state index in [9.17, 15) is 4.79 Å². The first-order chi connectivity index (χ1) is 8.40. The first-order valence-electron chi connectivity index (χ1n) is 5.67. The van der Waals surface area contributed by atoms with Gasteiger partial charge in [0.15, 0.2) is 0 Å². The maximum Gasteiger partial charge on any atom is 0.231 e. The first-order valence-corrected chi connectivity index (χ1v) is 6.08. The summed E-state index contributed by atoms with van der Waals surface area (Å²) in [4.78, 5) is 17.3. The molecule has 0 aliphatic heterocycles. The van der Waals surface area contributed by atoms with E-state index < -0.39 is 0 Å². The number of carbonyl (C=O) groups excluding carboxylic acids is 1. The number of nitrogens with zero attached hydrogens (tertiary/aromatic N) is 2. The molecule has 6 heteroatoms. The van der Waals surface area contributed by atoms with Gasteiger partial charge in [0.25, 0.3) is 0 Å². The molecule has 0 aromatic carbocycles. The van der Waals surface area contributed by atoms with Gasteiger partial charge in [-0.15, -0.1) is 0 Å². The van der Waals surface area contributed by atoms with Crippen LogP contribution in [0.25, 0.3) is 0 Å². The van der Waals surface area contributed by atoms with Crippen molar-refractivity contribution in [3.8, 4) is 0 Å². The minimum Gasteiger partial charge on any atom is -0.388 e. The predicted molar refractivity (Wildman–Crippen MR) is 74.9 cm³/mol. The number of nitrogens with two attached hydrogens (primary N) is 2. The molecule has 1 aromatic heterocycles. The van der Waals surface area contributed by atoms with Gasteiger partial charge in [-0.3, -0.25) is 14.7 Å².